The Bertz CT molecular complexity index is 692. The fraction of sp³-hybridized carbons (Fsp3) is 0.0909. The number of sulfonamides is 1. The van der Waals surface area contributed by atoms with Gasteiger partial charge in [-0.1, -0.05) is 0 Å². The number of halogens is 2. The highest BCUT2D eigenvalue weighted by Gasteiger charge is 2.26. The molecule has 0 aliphatic carbocycles. The van der Waals surface area contributed by atoms with Gasteiger partial charge >= 0.3 is 0 Å². The van der Waals surface area contributed by atoms with E-state index < -0.39 is 26.6 Å². The van der Waals surface area contributed by atoms with Gasteiger partial charge in [0.25, 0.3) is 10.0 Å². The van der Waals surface area contributed by atoms with E-state index in [1.54, 1.807) is 0 Å². The zero-order valence-electron chi connectivity index (χ0n) is 9.79. The largest absolute Gasteiger partial charge is 0.269 e. The van der Waals surface area contributed by atoms with E-state index in [4.69, 9.17) is 0 Å². The first-order chi connectivity index (χ1) is 8.93. The van der Waals surface area contributed by atoms with Gasteiger partial charge in [0.1, 0.15) is 16.5 Å². The molecule has 0 amide bonds. The third-order valence-electron chi connectivity index (χ3n) is 2.37. The molecule has 0 N–H and O–H groups in total. The van der Waals surface area contributed by atoms with Crippen LogP contribution in [-0.2, 0) is 10.0 Å². The molecule has 0 aliphatic rings. The summed E-state index contributed by atoms with van der Waals surface area (Å²) < 4.78 is 51.3. The van der Waals surface area contributed by atoms with Crippen LogP contribution in [0.15, 0.2) is 41.6 Å². The van der Waals surface area contributed by atoms with E-state index in [0.29, 0.717) is 6.07 Å². The van der Waals surface area contributed by atoms with Crippen LogP contribution in [0.4, 0.5) is 14.7 Å². The lowest BCUT2D eigenvalue weighted by atomic mass is 10.3. The summed E-state index contributed by atoms with van der Waals surface area (Å²) in [7, 11) is -2.98. The molecule has 0 saturated carbocycles. The maximum Gasteiger partial charge on any atom is 0.269 e. The Morgan fingerprint density at radius 1 is 1.16 bits per heavy atom. The van der Waals surface area contributed by atoms with Gasteiger partial charge in [0.2, 0.25) is 5.95 Å². The molecule has 1 aromatic carbocycles. The highest BCUT2D eigenvalue weighted by atomic mass is 32.2. The standard InChI is InChI=1S/C11H9F2N3O2S/c1-16(11-14-5-2-6-15-11)19(17,18)10-4-3-8(12)7-9(10)13/h2-7H,1H3. The van der Waals surface area contributed by atoms with E-state index in [1.165, 1.54) is 25.5 Å². The maximum atomic E-state index is 13.5. The first kappa shape index (κ1) is 13.3. The third kappa shape index (κ3) is 2.53. The number of aromatic nitrogens is 2. The Hall–Kier alpha value is -2.09. The van der Waals surface area contributed by atoms with E-state index >= 15 is 0 Å². The van der Waals surface area contributed by atoms with Crippen molar-refractivity contribution in [2.45, 2.75) is 4.90 Å². The maximum absolute atomic E-state index is 13.5. The van der Waals surface area contributed by atoms with Crippen LogP contribution in [0.1, 0.15) is 0 Å². The van der Waals surface area contributed by atoms with Crippen molar-refractivity contribution in [3.05, 3.63) is 48.3 Å². The van der Waals surface area contributed by atoms with Gasteiger partial charge in [-0.3, -0.25) is 0 Å². The molecule has 0 aliphatic heterocycles. The van der Waals surface area contributed by atoms with Crippen LogP contribution in [0.2, 0.25) is 0 Å². The van der Waals surface area contributed by atoms with Crippen LogP contribution >= 0.6 is 0 Å². The van der Waals surface area contributed by atoms with Crippen molar-refractivity contribution in [1.29, 1.82) is 0 Å². The summed E-state index contributed by atoms with van der Waals surface area (Å²) in [6.45, 7) is 0. The normalized spacial score (nSPS) is 11.3. The van der Waals surface area contributed by atoms with Gasteiger partial charge in [-0.05, 0) is 18.2 Å². The smallest absolute Gasteiger partial charge is 0.237 e. The lowest BCUT2D eigenvalue weighted by Gasteiger charge is -2.17. The average Bonchev–Trinajstić information content (AvgIpc) is 2.38. The minimum atomic E-state index is -4.17. The molecule has 1 aromatic heterocycles. The second-order valence-corrected chi connectivity index (χ2v) is 5.53. The molecule has 0 bridgehead atoms. The first-order valence-electron chi connectivity index (χ1n) is 5.14. The average molecular weight is 285 g/mol. The molecule has 0 fully saturated rings. The van der Waals surface area contributed by atoms with E-state index in [1.807, 2.05) is 0 Å². The zero-order chi connectivity index (χ0) is 14.0. The van der Waals surface area contributed by atoms with Crippen LogP contribution in [0, 0.1) is 11.6 Å². The number of hydrogen-bond acceptors (Lipinski definition) is 4. The van der Waals surface area contributed by atoms with E-state index in [0.717, 1.165) is 16.4 Å². The number of hydrogen-bond donors (Lipinski definition) is 0. The molecule has 0 saturated heterocycles. The number of benzene rings is 1. The Labute approximate surface area is 108 Å². The number of nitrogens with zero attached hydrogens (tertiary/aromatic N) is 3. The summed E-state index contributed by atoms with van der Waals surface area (Å²) in [6, 6.07) is 3.75. The molecule has 0 atom stereocenters. The van der Waals surface area contributed by atoms with Crippen molar-refractivity contribution < 1.29 is 17.2 Å². The summed E-state index contributed by atoms with van der Waals surface area (Å²) in [5, 5.41) is 0. The van der Waals surface area contributed by atoms with Gasteiger partial charge in [0.05, 0.1) is 0 Å². The van der Waals surface area contributed by atoms with E-state index in [2.05, 4.69) is 9.97 Å². The van der Waals surface area contributed by atoms with Crippen LogP contribution < -0.4 is 4.31 Å². The van der Waals surface area contributed by atoms with Gasteiger partial charge in [-0.2, -0.15) is 0 Å². The SMILES string of the molecule is CN(c1ncccn1)S(=O)(=O)c1ccc(F)cc1F. The minimum absolute atomic E-state index is 0.105. The second kappa shape index (κ2) is 4.88. The van der Waals surface area contributed by atoms with E-state index in [-0.39, 0.29) is 5.95 Å². The number of anilines is 1. The number of rotatable bonds is 3. The fourth-order valence-corrected chi connectivity index (χ4v) is 2.54. The molecule has 1 heterocycles. The van der Waals surface area contributed by atoms with Crippen molar-refractivity contribution in [2.24, 2.45) is 0 Å². The topological polar surface area (TPSA) is 63.2 Å². The predicted octanol–water partition coefficient (Wildman–Crippen LogP) is 1.58. The molecular weight excluding hydrogens is 276 g/mol. The lowest BCUT2D eigenvalue weighted by molar-refractivity contribution is 0.548. The second-order valence-electron chi connectivity index (χ2n) is 3.60. The van der Waals surface area contributed by atoms with Gasteiger partial charge in [0.15, 0.2) is 0 Å². The summed E-state index contributed by atoms with van der Waals surface area (Å²) in [5.41, 5.74) is 0. The first-order valence-corrected chi connectivity index (χ1v) is 6.58. The lowest BCUT2D eigenvalue weighted by Crippen LogP contribution is -2.29. The van der Waals surface area contributed by atoms with Crippen molar-refractivity contribution in [3.8, 4) is 0 Å². The molecule has 19 heavy (non-hydrogen) atoms. The minimum Gasteiger partial charge on any atom is -0.237 e. The Balaban J connectivity index is 2.48. The Morgan fingerprint density at radius 3 is 2.37 bits per heavy atom. The van der Waals surface area contributed by atoms with Crippen LogP contribution in [0.25, 0.3) is 0 Å². The Kier molecular flexibility index (Phi) is 3.43. The zero-order valence-corrected chi connectivity index (χ0v) is 10.6. The van der Waals surface area contributed by atoms with Gasteiger partial charge in [-0.25, -0.2) is 31.5 Å². The summed E-state index contributed by atoms with van der Waals surface area (Å²) in [5.74, 6) is -2.12. The molecule has 5 nitrogen and oxygen atoms in total. The van der Waals surface area contributed by atoms with Crippen molar-refractivity contribution in [2.75, 3.05) is 11.4 Å². The van der Waals surface area contributed by atoms with Gasteiger partial charge < -0.3 is 0 Å². The van der Waals surface area contributed by atoms with Crippen LogP contribution in [0.5, 0.6) is 0 Å². The highest BCUT2D eigenvalue weighted by molar-refractivity contribution is 7.92. The fourth-order valence-electron chi connectivity index (χ4n) is 1.39. The summed E-state index contributed by atoms with van der Waals surface area (Å²) in [4.78, 5) is 6.88. The molecule has 0 spiro atoms. The highest BCUT2D eigenvalue weighted by Crippen LogP contribution is 2.21. The molecule has 2 aromatic rings. The molecule has 0 radical (unpaired) electrons. The van der Waals surface area contributed by atoms with Crippen molar-refractivity contribution in [3.63, 3.8) is 0 Å². The predicted molar refractivity (Wildman–Crippen MR) is 64.0 cm³/mol. The molecule has 0 unspecified atom stereocenters. The quantitative estimate of drug-likeness (QED) is 0.859. The molecule has 8 heteroatoms. The Morgan fingerprint density at radius 2 is 1.79 bits per heavy atom. The third-order valence-corrected chi connectivity index (χ3v) is 4.14. The molecule has 2 rings (SSSR count). The van der Waals surface area contributed by atoms with Gasteiger partial charge in [0, 0.05) is 25.5 Å². The molecule has 100 valence electrons. The van der Waals surface area contributed by atoms with Gasteiger partial charge in [-0.15, -0.1) is 0 Å². The summed E-state index contributed by atoms with van der Waals surface area (Å²) >= 11 is 0. The van der Waals surface area contributed by atoms with Crippen LogP contribution in [0.3, 0.4) is 0 Å². The monoisotopic (exact) mass is 285 g/mol. The van der Waals surface area contributed by atoms with Crippen molar-refractivity contribution >= 4 is 16.0 Å². The van der Waals surface area contributed by atoms with E-state index in [9.17, 15) is 17.2 Å². The summed E-state index contributed by atoms with van der Waals surface area (Å²) in [6.07, 6.45) is 2.71. The van der Waals surface area contributed by atoms with Crippen molar-refractivity contribution in [1.82, 2.24) is 9.97 Å². The molecular formula is C11H9F2N3O2S. The van der Waals surface area contributed by atoms with Crippen LogP contribution in [-0.4, -0.2) is 25.4 Å².